The van der Waals surface area contributed by atoms with E-state index in [1.54, 1.807) is 29.9 Å². The minimum Gasteiger partial charge on any atom is -0.465 e. The highest BCUT2D eigenvalue weighted by molar-refractivity contribution is 7.92. The number of aromatic nitrogens is 4. The zero-order chi connectivity index (χ0) is 21.2. The molecule has 0 unspecified atom stereocenters. The highest BCUT2D eigenvalue weighted by Gasteiger charge is 2.16. The second kappa shape index (κ2) is 7.87. The average Bonchev–Trinajstić information content (AvgIpc) is 2.98. The first kappa shape index (κ1) is 20.3. The molecule has 0 aliphatic carbocycles. The summed E-state index contributed by atoms with van der Waals surface area (Å²) in [5.74, 6) is -0.266. The van der Waals surface area contributed by atoms with Gasteiger partial charge in [-0.3, -0.25) is 14.4 Å². The van der Waals surface area contributed by atoms with Crippen molar-refractivity contribution >= 4 is 21.7 Å². The quantitative estimate of drug-likeness (QED) is 0.605. The van der Waals surface area contributed by atoms with Crippen LogP contribution in [-0.4, -0.2) is 47.5 Å². The molecule has 0 aromatic carbocycles. The molecular formula is C18H19N5O5S. The molecule has 10 nitrogen and oxygen atoms in total. The van der Waals surface area contributed by atoms with E-state index in [9.17, 15) is 13.2 Å². The van der Waals surface area contributed by atoms with Gasteiger partial charge in [0.2, 0.25) is 21.8 Å². The molecule has 29 heavy (non-hydrogen) atoms. The third-order valence-electron chi connectivity index (χ3n) is 3.90. The lowest BCUT2D eigenvalue weighted by Gasteiger charge is -2.11. The Morgan fingerprint density at radius 1 is 1.21 bits per heavy atom. The summed E-state index contributed by atoms with van der Waals surface area (Å²) >= 11 is 0. The lowest BCUT2D eigenvalue weighted by molar-refractivity contribution is 0.0600. The summed E-state index contributed by atoms with van der Waals surface area (Å²) < 4.78 is 37.8. The first-order valence-electron chi connectivity index (χ1n) is 8.37. The zero-order valence-electron chi connectivity index (χ0n) is 16.2. The molecule has 0 fully saturated rings. The van der Waals surface area contributed by atoms with E-state index in [1.807, 2.05) is 6.92 Å². The molecule has 3 rings (SSSR count). The third-order valence-corrected chi connectivity index (χ3v) is 4.49. The Labute approximate surface area is 167 Å². The molecule has 11 heteroatoms. The van der Waals surface area contributed by atoms with E-state index < -0.39 is 16.0 Å². The maximum atomic E-state index is 11.8. The van der Waals surface area contributed by atoms with Gasteiger partial charge in [0.25, 0.3) is 0 Å². The number of pyridine rings is 2. The molecule has 0 bridgehead atoms. The second-order valence-electron chi connectivity index (χ2n) is 6.23. The smallest absolute Gasteiger partial charge is 0.339 e. The Balaban J connectivity index is 2.05. The van der Waals surface area contributed by atoms with E-state index >= 15 is 0 Å². The topological polar surface area (TPSA) is 125 Å². The Morgan fingerprint density at radius 3 is 2.59 bits per heavy atom. The van der Waals surface area contributed by atoms with Crippen LogP contribution in [0, 0.1) is 6.92 Å². The van der Waals surface area contributed by atoms with Crippen molar-refractivity contribution in [3.63, 3.8) is 0 Å². The molecule has 152 valence electrons. The average molecular weight is 417 g/mol. The number of methoxy groups -OCH3 is 1. The van der Waals surface area contributed by atoms with Crippen LogP contribution >= 0.6 is 0 Å². The molecular weight excluding hydrogens is 398 g/mol. The number of sulfonamides is 1. The molecule has 0 spiro atoms. The number of anilines is 1. The van der Waals surface area contributed by atoms with Crippen molar-refractivity contribution in [2.24, 2.45) is 7.05 Å². The van der Waals surface area contributed by atoms with Crippen LogP contribution in [0.15, 0.2) is 36.7 Å². The van der Waals surface area contributed by atoms with Crippen molar-refractivity contribution < 1.29 is 22.7 Å². The van der Waals surface area contributed by atoms with Crippen molar-refractivity contribution in [2.45, 2.75) is 6.92 Å². The number of nitrogens with one attached hydrogen (secondary N) is 1. The molecule has 0 aliphatic rings. The van der Waals surface area contributed by atoms with E-state index in [4.69, 9.17) is 9.47 Å². The number of hydrogen-bond acceptors (Lipinski definition) is 8. The van der Waals surface area contributed by atoms with Crippen LogP contribution in [0.4, 0.5) is 5.69 Å². The number of nitrogens with zero attached hydrogens (tertiary/aromatic N) is 4. The first-order valence-corrected chi connectivity index (χ1v) is 10.3. The fraction of sp³-hybridized carbons (Fsp3) is 0.222. The normalized spacial score (nSPS) is 11.2. The van der Waals surface area contributed by atoms with Crippen LogP contribution in [-0.2, 0) is 21.8 Å². The number of esters is 1. The summed E-state index contributed by atoms with van der Waals surface area (Å²) in [6.07, 6.45) is 3.93. The van der Waals surface area contributed by atoms with E-state index in [1.165, 1.54) is 25.6 Å². The van der Waals surface area contributed by atoms with Crippen LogP contribution < -0.4 is 9.46 Å². The second-order valence-corrected chi connectivity index (χ2v) is 7.98. The van der Waals surface area contributed by atoms with Gasteiger partial charge in [0.15, 0.2) is 0 Å². The Hall–Kier alpha value is -3.47. The lowest BCUT2D eigenvalue weighted by Crippen LogP contribution is -2.11. The lowest BCUT2D eigenvalue weighted by atomic mass is 10.1. The number of ether oxygens (including phenoxy) is 2. The summed E-state index contributed by atoms with van der Waals surface area (Å²) in [5, 5.41) is 4.20. The number of carbonyl (C=O) groups is 1. The SMILES string of the molecule is COC(=O)c1cncc(-c2ccc(NS(C)(=O)=O)c(Oc3cc(C)n(C)n3)n2)c1. The maximum absolute atomic E-state index is 11.8. The molecule has 0 aliphatic heterocycles. The summed E-state index contributed by atoms with van der Waals surface area (Å²) in [6.45, 7) is 1.85. The van der Waals surface area contributed by atoms with Crippen molar-refractivity contribution in [3.8, 4) is 23.0 Å². The molecule has 0 atom stereocenters. The summed E-state index contributed by atoms with van der Waals surface area (Å²) in [7, 11) is -0.530. The molecule has 0 saturated heterocycles. The van der Waals surface area contributed by atoms with Gasteiger partial charge in [0.1, 0.15) is 5.69 Å². The highest BCUT2D eigenvalue weighted by atomic mass is 32.2. The zero-order valence-corrected chi connectivity index (χ0v) is 17.0. The van der Waals surface area contributed by atoms with Crippen LogP contribution in [0.25, 0.3) is 11.3 Å². The fourth-order valence-electron chi connectivity index (χ4n) is 2.44. The standard InChI is InChI=1S/C18H19N5O5S/c1-11-7-16(21-23(11)2)28-17-15(22-29(4,25)26)6-5-14(20-17)12-8-13(10-19-9-12)18(24)27-3/h5-10,22H,1-4H3. The third kappa shape index (κ3) is 4.88. The van der Waals surface area contributed by atoms with Gasteiger partial charge in [-0.05, 0) is 25.1 Å². The number of aryl methyl sites for hydroxylation is 2. The van der Waals surface area contributed by atoms with E-state index in [0.29, 0.717) is 11.3 Å². The molecule has 0 radical (unpaired) electrons. The van der Waals surface area contributed by atoms with Crippen molar-refractivity contribution in [1.29, 1.82) is 0 Å². The van der Waals surface area contributed by atoms with E-state index in [0.717, 1.165) is 11.9 Å². The molecule has 3 aromatic heterocycles. The van der Waals surface area contributed by atoms with Gasteiger partial charge in [-0.1, -0.05) is 0 Å². The van der Waals surface area contributed by atoms with Crippen molar-refractivity contribution in [2.75, 3.05) is 18.1 Å². The molecule has 3 aromatic rings. The summed E-state index contributed by atoms with van der Waals surface area (Å²) in [5.41, 5.74) is 2.21. The molecule has 1 N–H and O–H groups in total. The highest BCUT2D eigenvalue weighted by Crippen LogP contribution is 2.31. The monoisotopic (exact) mass is 417 g/mol. The minimum absolute atomic E-state index is 0.00879. The predicted molar refractivity (Wildman–Crippen MR) is 105 cm³/mol. The minimum atomic E-state index is -3.56. The Kier molecular flexibility index (Phi) is 5.50. The van der Waals surface area contributed by atoms with Gasteiger partial charge in [-0.25, -0.2) is 18.2 Å². The van der Waals surface area contributed by atoms with E-state index in [-0.39, 0.29) is 23.0 Å². The summed E-state index contributed by atoms with van der Waals surface area (Å²) in [6, 6.07) is 6.36. The number of hydrogen-bond donors (Lipinski definition) is 1. The van der Waals surface area contributed by atoms with Gasteiger partial charge in [-0.15, -0.1) is 5.10 Å². The molecule has 0 amide bonds. The molecule has 3 heterocycles. The van der Waals surface area contributed by atoms with Crippen LogP contribution in [0.1, 0.15) is 16.1 Å². The van der Waals surface area contributed by atoms with Crippen LogP contribution in [0.2, 0.25) is 0 Å². The Morgan fingerprint density at radius 2 is 1.97 bits per heavy atom. The van der Waals surface area contributed by atoms with Gasteiger partial charge >= 0.3 is 5.97 Å². The van der Waals surface area contributed by atoms with Crippen molar-refractivity contribution in [1.82, 2.24) is 19.7 Å². The van der Waals surface area contributed by atoms with Gasteiger partial charge in [0, 0.05) is 36.8 Å². The fourth-order valence-corrected chi connectivity index (χ4v) is 3.00. The largest absolute Gasteiger partial charge is 0.465 e. The van der Waals surface area contributed by atoms with Gasteiger partial charge < -0.3 is 9.47 Å². The first-order chi connectivity index (χ1) is 13.7. The van der Waals surface area contributed by atoms with Gasteiger partial charge in [0.05, 0.1) is 24.6 Å². The van der Waals surface area contributed by atoms with E-state index in [2.05, 4.69) is 19.8 Å². The summed E-state index contributed by atoms with van der Waals surface area (Å²) in [4.78, 5) is 20.2. The molecule has 0 saturated carbocycles. The van der Waals surface area contributed by atoms with Crippen LogP contribution in [0.3, 0.4) is 0 Å². The number of rotatable bonds is 6. The van der Waals surface area contributed by atoms with Crippen LogP contribution in [0.5, 0.6) is 11.8 Å². The maximum Gasteiger partial charge on any atom is 0.339 e. The van der Waals surface area contributed by atoms with Crippen molar-refractivity contribution in [3.05, 3.63) is 47.9 Å². The van der Waals surface area contributed by atoms with Gasteiger partial charge in [-0.2, -0.15) is 0 Å². The Bertz CT molecular complexity index is 1150. The number of carbonyl (C=O) groups excluding carboxylic acids is 1. The predicted octanol–water partition coefficient (Wildman–Crippen LogP) is 2.14.